The monoisotopic (exact) mass is 359 g/mol. The van der Waals surface area contributed by atoms with E-state index in [1.54, 1.807) is 0 Å². The van der Waals surface area contributed by atoms with E-state index < -0.39 is 0 Å². The molecule has 1 aliphatic heterocycles. The highest BCUT2D eigenvalue weighted by molar-refractivity contribution is 5.78. The lowest BCUT2D eigenvalue weighted by Gasteiger charge is -2.43. The van der Waals surface area contributed by atoms with Crippen molar-refractivity contribution in [2.75, 3.05) is 26.7 Å². The number of amides is 1. The van der Waals surface area contributed by atoms with Gasteiger partial charge in [-0.3, -0.25) is 9.69 Å². The number of carbonyl (C=O) groups is 1. The Kier molecular flexibility index (Phi) is 6.68. The van der Waals surface area contributed by atoms with E-state index in [0.29, 0.717) is 18.4 Å². The molecule has 0 aromatic heterocycles. The molecular weight excluding hydrogens is 326 g/mol. The number of aliphatic hydroxyl groups is 1. The first-order valence-corrected chi connectivity index (χ1v) is 9.93. The molecule has 2 aliphatic rings. The van der Waals surface area contributed by atoms with E-state index >= 15 is 0 Å². The number of aryl methyl sites for hydroxylation is 1. The van der Waals surface area contributed by atoms with Crippen molar-refractivity contribution in [1.29, 1.82) is 0 Å². The minimum Gasteiger partial charge on any atom is -0.393 e. The molecule has 1 heterocycles. The van der Waals surface area contributed by atoms with Crippen LogP contribution < -0.4 is 10.6 Å². The van der Waals surface area contributed by atoms with Gasteiger partial charge < -0.3 is 15.7 Å². The van der Waals surface area contributed by atoms with Crippen LogP contribution in [0.1, 0.15) is 36.8 Å². The molecule has 144 valence electrons. The van der Waals surface area contributed by atoms with E-state index in [1.807, 2.05) is 7.05 Å². The fourth-order valence-electron chi connectivity index (χ4n) is 4.28. The van der Waals surface area contributed by atoms with Gasteiger partial charge >= 0.3 is 0 Å². The lowest BCUT2D eigenvalue weighted by molar-refractivity contribution is -0.124. The first-order chi connectivity index (χ1) is 12.5. The summed E-state index contributed by atoms with van der Waals surface area (Å²) < 4.78 is 0. The summed E-state index contributed by atoms with van der Waals surface area (Å²) in [6, 6.07) is 8.67. The van der Waals surface area contributed by atoms with Crippen LogP contribution in [0.2, 0.25) is 0 Å². The van der Waals surface area contributed by atoms with E-state index in [4.69, 9.17) is 0 Å². The quantitative estimate of drug-likeness (QED) is 0.693. The third-order valence-corrected chi connectivity index (χ3v) is 5.86. The van der Waals surface area contributed by atoms with Gasteiger partial charge in [0.15, 0.2) is 0 Å². The first-order valence-electron chi connectivity index (χ1n) is 9.93. The van der Waals surface area contributed by atoms with Crippen molar-refractivity contribution in [1.82, 2.24) is 15.5 Å². The van der Waals surface area contributed by atoms with Crippen LogP contribution in [0.15, 0.2) is 24.3 Å². The number of carbonyl (C=O) groups excluding carboxylic acids is 1. The van der Waals surface area contributed by atoms with Gasteiger partial charge in [0, 0.05) is 12.6 Å². The van der Waals surface area contributed by atoms with E-state index in [1.165, 1.54) is 11.1 Å². The maximum Gasteiger partial charge on any atom is 0.234 e. The molecule has 0 bridgehead atoms. The van der Waals surface area contributed by atoms with Gasteiger partial charge in [-0.05, 0) is 70.1 Å². The van der Waals surface area contributed by atoms with Gasteiger partial charge in [0.2, 0.25) is 5.91 Å². The van der Waals surface area contributed by atoms with Crippen molar-refractivity contribution < 1.29 is 9.90 Å². The summed E-state index contributed by atoms with van der Waals surface area (Å²) in [5, 5.41) is 16.4. The Labute approximate surface area is 157 Å². The van der Waals surface area contributed by atoms with E-state index in [9.17, 15) is 9.90 Å². The largest absolute Gasteiger partial charge is 0.393 e. The van der Waals surface area contributed by atoms with Gasteiger partial charge in [0.25, 0.3) is 0 Å². The Morgan fingerprint density at radius 1 is 1.23 bits per heavy atom. The average molecular weight is 360 g/mol. The number of nitrogens with one attached hydrogen (secondary N) is 2. The maximum atomic E-state index is 12.6. The Balaban J connectivity index is 1.52. The van der Waals surface area contributed by atoms with Crippen molar-refractivity contribution >= 4 is 5.91 Å². The van der Waals surface area contributed by atoms with Crippen molar-refractivity contribution in [3.63, 3.8) is 0 Å². The molecule has 26 heavy (non-hydrogen) atoms. The van der Waals surface area contributed by atoms with Gasteiger partial charge in [-0.1, -0.05) is 29.8 Å². The molecule has 2 fully saturated rings. The molecule has 1 aromatic carbocycles. The topological polar surface area (TPSA) is 64.6 Å². The third-order valence-electron chi connectivity index (χ3n) is 5.86. The molecular formula is C21H33N3O2. The lowest BCUT2D eigenvalue weighted by atomic mass is 9.71. The van der Waals surface area contributed by atoms with Crippen LogP contribution in [0.3, 0.4) is 0 Å². The third kappa shape index (κ3) is 5.29. The molecule has 0 radical (unpaired) electrons. The summed E-state index contributed by atoms with van der Waals surface area (Å²) >= 11 is 0. The summed E-state index contributed by atoms with van der Waals surface area (Å²) in [6.07, 6.45) is 3.70. The number of hydrogen-bond donors (Lipinski definition) is 3. The van der Waals surface area contributed by atoms with Crippen molar-refractivity contribution in [3.05, 3.63) is 35.4 Å². The number of nitrogens with zero attached hydrogens (tertiary/aromatic N) is 1. The highest BCUT2D eigenvalue weighted by atomic mass is 16.3. The zero-order valence-corrected chi connectivity index (χ0v) is 16.1. The van der Waals surface area contributed by atoms with Crippen LogP contribution in [0.5, 0.6) is 0 Å². The standard InChI is InChI=1S/C21H33N3O2/c1-15-3-5-16(6-4-15)13-24(2)14-20(26)23-21(18-11-19(25)12-18)17-7-9-22-10-8-17/h3-6,17-19,21-22,25H,7-14H2,1-2H3,(H,23,26)/t18?,19?,21-/m0/s1. The minimum absolute atomic E-state index is 0.101. The zero-order chi connectivity index (χ0) is 18.5. The van der Waals surface area contributed by atoms with Gasteiger partial charge in [0.1, 0.15) is 0 Å². The Hall–Kier alpha value is -1.43. The molecule has 1 saturated heterocycles. The predicted molar refractivity (Wildman–Crippen MR) is 104 cm³/mol. The summed E-state index contributed by atoms with van der Waals surface area (Å²) in [6.45, 7) is 5.32. The van der Waals surface area contributed by atoms with Gasteiger partial charge in [0.05, 0.1) is 12.6 Å². The summed E-state index contributed by atoms with van der Waals surface area (Å²) in [5.41, 5.74) is 2.48. The van der Waals surface area contributed by atoms with Crippen molar-refractivity contribution in [2.24, 2.45) is 11.8 Å². The highest BCUT2D eigenvalue weighted by Crippen LogP contribution is 2.35. The van der Waals surface area contributed by atoms with Crippen LogP contribution in [0.4, 0.5) is 0 Å². The molecule has 1 aliphatic carbocycles. The fourth-order valence-corrected chi connectivity index (χ4v) is 4.28. The van der Waals surface area contributed by atoms with Crippen LogP contribution in [0.25, 0.3) is 0 Å². The zero-order valence-electron chi connectivity index (χ0n) is 16.1. The second-order valence-electron chi connectivity index (χ2n) is 8.22. The molecule has 5 nitrogen and oxygen atoms in total. The summed E-state index contributed by atoms with van der Waals surface area (Å²) in [4.78, 5) is 14.7. The molecule has 1 atom stereocenters. The number of rotatable bonds is 7. The van der Waals surface area contributed by atoms with Crippen LogP contribution in [-0.4, -0.2) is 54.7 Å². The highest BCUT2D eigenvalue weighted by Gasteiger charge is 2.39. The number of benzene rings is 1. The van der Waals surface area contributed by atoms with Crippen LogP contribution in [0, 0.1) is 18.8 Å². The Bertz CT molecular complexity index is 577. The van der Waals surface area contributed by atoms with E-state index in [0.717, 1.165) is 45.3 Å². The number of piperidine rings is 1. The molecule has 1 aromatic rings. The van der Waals surface area contributed by atoms with Crippen molar-refractivity contribution in [2.45, 2.75) is 51.3 Å². The second kappa shape index (κ2) is 8.98. The van der Waals surface area contributed by atoms with E-state index in [-0.39, 0.29) is 18.1 Å². The molecule has 0 spiro atoms. The minimum atomic E-state index is -0.176. The average Bonchev–Trinajstić information content (AvgIpc) is 2.60. The normalized spacial score (nSPS) is 24.9. The predicted octanol–water partition coefficient (Wildman–Crippen LogP) is 1.68. The smallest absolute Gasteiger partial charge is 0.234 e. The van der Waals surface area contributed by atoms with Crippen LogP contribution >= 0.6 is 0 Å². The maximum absolute atomic E-state index is 12.6. The molecule has 1 saturated carbocycles. The van der Waals surface area contributed by atoms with Crippen LogP contribution in [-0.2, 0) is 11.3 Å². The van der Waals surface area contributed by atoms with Gasteiger partial charge in [-0.2, -0.15) is 0 Å². The lowest BCUT2D eigenvalue weighted by Crippen LogP contribution is -2.54. The molecule has 0 unspecified atom stereocenters. The fraction of sp³-hybridized carbons (Fsp3) is 0.667. The Morgan fingerprint density at radius 3 is 2.50 bits per heavy atom. The molecule has 5 heteroatoms. The number of hydrogen-bond acceptors (Lipinski definition) is 4. The van der Waals surface area contributed by atoms with Gasteiger partial charge in [-0.15, -0.1) is 0 Å². The van der Waals surface area contributed by atoms with Gasteiger partial charge in [-0.25, -0.2) is 0 Å². The second-order valence-corrected chi connectivity index (χ2v) is 8.22. The number of aliphatic hydroxyl groups excluding tert-OH is 1. The molecule has 3 rings (SSSR count). The van der Waals surface area contributed by atoms with Crippen molar-refractivity contribution in [3.8, 4) is 0 Å². The number of likely N-dealkylation sites (N-methyl/N-ethyl adjacent to an activating group) is 1. The molecule has 1 amide bonds. The van der Waals surface area contributed by atoms with E-state index in [2.05, 4.69) is 46.7 Å². The SMILES string of the molecule is Cc1ccc(CN(C)CC(=O)N[C@@H](C2CCNCC2)C2CC(O)C2)cc1. The first kappa shape index (κ1) is 19.3. The summed E-state index contributed by atoms with van der Waals surface area (Å²) in [7, 11) is 1.99. The Morgan fingerprint density at radius 2 is 1.88 bits per heavy atom. The molecule has 3 N–H and O–H groups in total. The summed E-state index contributed by atoms with van der Waals surface area (Å²) in [5.74, 6) is 1.06.